The van der Waals surface area contributed by atoms with E-state index >= 15 is 0 Å². The summed E-state index contributed by atoms with van der Waals surface area (Å²) >= 11 is 0. The van der Waals surface area contributed by atoms with Crippen LogP contribution in [-0.4, -0.2) is 23.3 Å². The average Bonchev–Trinajstić information content (AvgIpc) is 2.69. The number of anilines is 1. The van der Waals surface area contributed by atoms with Gasteiger partial charge in [0.1, 0.15) is 23.2 Å². The molecule has 0 atom stereocenters. The van der Waals surface area contributed by atoms with E-state index in [1.807, 2.05) is 12.1 Å². The Hall–Kier alpha value is -3.99. The van der Waals surface area contributed by atoms with Crippen LogP contribution in [0.3, 0.4) is 0 Å². The topological polar surface area (TPSA) is 103 Å². The molecule has 0 saturated carbocycles. The fourth-order valence-electron chi connectivity index (χ4n) is 2.34. The van der Waals surface area contributed by atoms with Crippen LogP contribution < -0.4 is 15.7 Å². The number of rotatable bonds is 5. The van der Waals surface area contributed by atoms with Gasteiger partial charge < -0.3 is 4.74 Å². The van der Waals surface area contributed by atoms with Crippen molar-refractivity contribution in [2.45, 2.75) is 0 Å². The van der Waals surface area contributed by atoms with Crippen LogP contribution in [0.15, 0.2) is 58.4 Å². The standard InChI is InChI=1S/C19H14FN5O2/c1-27-14-8-7-13(16(20)9-14)11-22-25-19-23-17(12-5-3-2-4-6-12)15(10-21)18(26)24-19/h2-9,11H,1H3,(H2,23,24,25,26). The van der Waals surface area contributed by atoms with Crippen molar-refractivity contribution < 1.29 is 9.13 Å². The van der Waals surface area contributed by atoms with E-state index in [2.05, 4.69) is 20.5 Å². The summed E-state index contributed by atoms with van der Waals surface area (Å²) in [6, 6.07) is 15.0. The van der Waals surface area contributed by atoms with Crippen LogP contribution in [0.2, 0.25) is 0 Å². The predicted octanol–water partition coefficient (Wildman–Crippen LogP) is 2.90. The molecule has 7 nitrogen and oxygen atoms in total. The van der Waals surface area contributed by atoms with Crippen LogP contribution >= 0.6 is 0 Å². The largest absolute Gasteiger partial charge is 0.497 e. The van der Waals surface area contributed by atoms with Crippen LogP contribution in [0.5, 0.6) is 5.75 Å². The Labute approximate surface area is 153 Å². The molecule has 0 saturated heterocycles. The first-order valence-electron chi connectivity index (χ1n) is 7.85. The highest BCUT2D eigenvalue weighted by Crippen LogP contribution is 2.19. The number of hydrogen-bond acceptors (Lipinski definition) is 6. The number of nitrogens with one attached hydrogen (secondary N) is 2. The number of hydrazone groups is 1. The maximum Gasteiger partial charge on any atom is 0.270 e. The van der Waals surface area contributed by atoms with Crippen molar-refractivity contribution in [2.24, 2.45) is 5.10 Å². The summed E-state index contributed by atoms with van der Waals surface area (Å²) in [7, 11) is 1.45. The summed E-state index contributed by atoms with van der Waals surface area (Å²) in [5.41, 5.74) is 2.92. The molecule has 0 bridgehead atoms. The van der Waals surface area contributed by atoms with E-state index in [1.54, 1.807) is 30.3 Å². The molecule has 0 fully saturated rings. The lowest BCUT2D eigenvalue weighted by Crippen LogP contribution is -2.16. The van der Waals surface area contributed by atoms with E-state index in [1.165, 1.54) is 25.5 Å². The van der Waals surface area contributed by atoms with Crippen molar-refractivity contribution >= 4 is 12.2 Å². The molecule has 3 rings (SSSR count). The maximum absolute atomic E-state index is 13.9. The molecule has 8 heteroatoms. The number of methoxy groups -OCH3 is 1. The molecule has 134 valence electrons. The van der Waals surface area contributed by atoms with E-state index in [-0.39, 0.29) is 22.8 Å². The number of H-pyrrole nitrogens is 1. The molecule has 0 radical (unpaired) electrons. The minimum atomic E-state index is -0.598. The van der Waals surface area contributed by atoms with Gasteiger partial charge in [0.2, 0.25) is 5.95 Å². The van der Waals surface area contributed by atoms with Gasteiger partial charge >= 0.3 is 0 Å². The van der Waals surface area contributed by atoms with Gasteiger partial charge in [-0.15, -0.1) is 0 Å². The van der Waals surface area contributed by atoms with Gasteiger partial charge in [0.05, 0.1) is 19.0 Å². The molecule has 0 aliphatic carbocycles. The quantitative estimate of drug-likeness (QED) is 0.536. The van der Waals surface area contributed by atoms with Crippen molar-refractivity contribution in [3.8, 4) is 23.1 Å². The summed E-state index contributed by atoms with van der Waals surface area (Å²) in [4.78, 5) is 18.8. The van der Waals surface area contributed by atoms with Gasteiger partial charge in [-0.1, -0.05) is 30.3 Å². The zero-order valence-corrected chi connectivity index (χ0v) is 14.2. The molecular formula is C19H14FN5O2. The first-order valence-corrected chi connectivity index (χ1v) is 7.85. The van der Waals surface area contributed by atoms with Gasteiger partial charge in [-0.3, -0.25) is 9.78 Å². The van der Waals surface area contributed by atoms with E-state index in [0.717, 1.165) is 0 Å². The lowest BCUT2D eigenvalue weighted by Gasteiger charge is -2.06. The average molecular weight is 363 g/mol. The Kier molecular flexibility index (Phi) is 5.23. The van der Waals surface area contributed by atoms with Gasteiger partial charge in [-0.05, 0) is 12.1 Å². The van der Waals surface area contributed by atoms with Crippen molar-refractivity contribution in [2.75, 3.05) is 12.5 Å². The second kappa shape index (κ2) is 7.93. The lowest BCUT2D eigenvalue weighted by atomic mass is 10.1. The van der Waals surface area contributed by atoms with E-state index < -0.39 is 11.4 Å². The van der Waals surface area contributed by atoms with Crippen molar-refractivity contribution in [1.82, 2.24) is 9.97 Å². The fourth-order valence-corrected chi connectivity index (χ4v) is 2.34. The lowest BCUT2D eigenvalue weighted by molar-refractivity contribution is 0.411. The van der Waals surface area contributed by atoms with Crippen LogP contribution in [0.1, 0.15) is 11.1 Å². The molecule has 2 aromatic carbocycles. The molecule has 27 heavy (non-hydrogen) atoms. The minimum Gasteiger partial charge on any atom is -0.497 e. The second-order valence-electron chi connectivity index (χ2n) is 5.37. The number of nitrogens with zero attached hydrogens (tertiary/aromatic N) is 3. The molecule has 0 amide bonds. The number of ether oxygens (including phenoxy) is 1. The van der Waals surface area contributed by atoms with Gasteiger partial charge in [-0.2, -0.15) is 10.4 Å². The summed E-state index contributed by atoms with van der Waals surface area (Å²) < 4.78 is 18.8. The zero-order chi connectivity index (χ0) is 19.2. The summed E-state index contributed by atoms with van der Waals surface area (Å²) in [5, 5.41) is 13.1. The molecular weight excluding hydrogens is 349 g/mol. The number of aromatic amines is 1. The van der Waals surface area contributed by atoms with E-state index in [9.17, 15) is 14.4 Å². The van der Waals surface area contributed by atoms with Crippen LogP contribution in [0.4, 0.5) is 10.3 Å². The van der Waals surface area contributed by atoms with Gasteiger partial charge in [-0.25, -0.2) is 14.8 Å². The van der Waals surface area contributed by atoms with Crippen LogP contribution in [-0.2, 0) is 0 Å². The normalized spacial score (nSPS) is 10.6. The first-order chi connectivity index (χ1) is 13.1. The number of nitriles is 1. The predicted molar refractivity (Wildman–Crippen MR) is 99.2 cm³/mol. The monoisotopic (exact) mass is 363 g/mol. The number of benzene rings is 2. The summed E-state index contributed by atoms with van der Waals surface area (Å²) in [6.45, 7) is 0. The molecule has 2 N–H and O–H groups in total. The molecule has 0 spiro atoms. The third-order valence-corrected chi connectivity index (χ3v) is 3.66. The van der Waals surface area contributed by atoms with E-state index in [4.69, 9.17) is 4.74 Å². The Morgan fingerprint density at radius 2 is 2.07 bits per heavy atom. The Balaban J connectivity index is 1.89. The highest BCUT2D eigenvalue weighted by atomic mass is 19.1. The van der Waals surface area contributed by atoms with Crippen molar-refractivity contribution in [3.05, 3.63) is 75.8 Å². The molecule has 3 aromatic rings. The minimum absolute atomic E-state index is 0.0306. The SMILES string of the molecule is COc1ccc(C=NNc2nc(-c3ccccc3)c(C#N)c(=O)[nH]2)c(F)c1. The molecule has 0 aliphatic rings. The van der Waals surface area contributed by atoms with Crippen molar-refractivity contribution in [1.29, 1.82) is 5.26 Å². The smallest absolute Gasteiger partial charge is 0.270 e. The molecule has 1 heterocycles. The second-order valence-corrected chi connectivity index (χ2v) is 5.37. The highest BCUT2D eigenvalue weighted by Gasteiger charge is 2.12. The van der Waals surface area contributed by atoms with Crippen molar-refractivity contribution in [3.63, 3.8) is 0 Å². The molecule has 1 aromatic heterocycles. The Morgan fingerprint density at radius 3 is 2.74 bits per heavy atom. The van der Waals surface area contributed by atoms with Gasteiger partial charge in [0.15, 0.2) is 0 Å². The summed E-state index contributed by atoms with van der Waals surface area (Å²) in [5.74, 6) is -0.0858. The van der Waals surface area contributed by atoms with Crippen LogP contribution in [0, 0.1) is 17.1 Å². The third-order valence-electron chi connectivity index (χ3n) is 3.66. The van der Waals surface area contributed by atoms with E-state index in [0.29, 0.717) is 11.3 Å². The molecule has 0 unspecified atom stereocenters. The first kappa shape index (κ1) is 17.8. The van der Waals surface area contributed by atoms with Gasteiger partial charge in [0.25, 0.3) is 5.56 Å². The zero-order valence-electron chi connectivity index (χ0n) is 14.2. The highest BCUT2D eigenvalue weighted by molar-refractivity contribution is 5.80. The number of hydrogen-bond donors (Lipinski definition) is 2. The third kappa shape index (κ3) is 3.99. The Morgan fingerprint density at radius 1 is 1.30 bits per heavy atom. The molecule has 0 aliphatic heterocycles. The number of aromatic nitrogens is 2. The number of halogens is 1. The summed E-state index contributed by atoms with van der Waals surface area (Å²) in [6.07, 6.45) is 1.25. The maximum atomic E-state index is 13.9. The Bertz CT molecular complexity index is 1090. The fraction of sp³-hybridized carbons (Fsp3) is 0.0526. The van der Waals surface area contributed by atoms with Gasteiger partial charge in [0, 0.05) is 17.2 Å². The van der Waals surface area contributed by atoms with Crippen LogP contribution in [0.25, 0.3) is 11.3 Å².